The van der Waals surface area contributed by atoms with Gasteiger partial charge in [-0.3, -0.25) is 0 Å². The van der Waals surface area contributed by atoms with Gasteiger partial charge < -0.3 is 4.74 Å². The van der Waals surface area contributed by atoms with Crippen LogP contribution in [0, 0.1) is 6.92 Å². The molecule has 0 radical (unpaired) electrons. The van der Waals surface area contributed by atoms with Gasteiger partial charge in [-0.25, -0.2) is 9.79 Å². The maximum atomic E-state index is 11.9. The highest BCUT2D eigenvalue weighted by molar-refractivity contribution is 6.32. The molecule has 0 fully saturated rings. The van der Waals surface area contributed by atoms with E-state index in [1.807, 2.05) is 19.1 Å². The average Bonchev–Trinajstić information content (AvgIpc) is 2.85. The number of hydrogen-bond acceptors (Lipinski definition) is 3. The van der Waals surface area contributed by atoms with Crippen LogP contribution >= 0.6 is 23.2 Å². The van der Waals surface area contributed by atoms with Gasteiger partial charge in [-0.05, 0) is 48.4 Å². The number of carbonyl (C=O) groups excluding carboxylic acids is 1. The molecule has 22 heavy (non-hydrogen) atoms. The smallest absolute Gasteiger partial charge is 0.363 e. The highest BCUT2D eigenvalue weighted by Gasteiger charge is 2.24. The minimum Gasteiger partial charge on any atom is -0.402 e. The molecule has 0 atom stereocenters. The number of carbonyl (C=O) groups is 1. The molecule has 5 heteroatoms. The summed E-state index contributed by atoms with van der Waals surface area (Å²) >= 11 is 11.9. The van der Waals surface area contributed by atoms with Gasteiger partial charge in [0.2, 0.25) is 5.90 Å². The largest absolute Gasteiger partial charge is 0.402 e. The van der Waals surface area contributed by atoms with E-state index in [1.54, 1.807) is 36.4 Å². The Labute approximate surface area is 137 Å². The van der Waals surface area contributed by atoms with Crippen molar-refractivity contribution in [3.63, 3.8) is 0 Å². The number of aliphatic imine (C=N–C) groups is 1. The molecule has 0 bridgehead atoms. The minimum atomic E-state index is -0.485. The number of benzene rings is 2. The first-order valence-corrected chi connectivity index (χ1v) is 7.33. The number of esters is 1. The summed E-state index contributed by atoms with van der Waals surface area (Å²) in [6, 6.07) is 12.5. The molecule has 0 saturated carbocycles. The molecule has 1 heterocycles. The molecule has 110 valence electrons. The van der Waals surface area contributed by atoms with Crippen LogP contribution in [-0.4, -0.2) is 11.9 Å². The Hall–Kier alpha value is -2.10. The molecule has 0 saturated heterocycles. The third kappa shape index (κ3) is 3.06. The maximum absolute atomic E-state index is 11.9. The molecule has 3 nitrogen and oxygen atoms in total. The van der Waals surface area contributed by atoms with Gasteiger partial charge in [0.25, 0.3) is 0 Å². The standard InChI is InChI=1S/C17H11Cl2NO2/c1-10-2-5-12(9-14(10)19)16-20-15(17(21)22-16)8-11-3-6-13(18)7-4-11/h2-9H,1H3/b15-8-. The van der Waals surface area contributed by atoms with E-state index in [4.69, 9.17) is 27.9 Å². The number of nitrogens with zero attached hydrogens (tertiary/aromatic N) is 1. The number of cyclic esters (lactones) is 1. The van der Waals surface area contributed by atoms with E-state index in [0.29, 0.717) is 15.6 Å². The summed E-state index contributed by atoms with van der Waals surface area (Å²) in [4.78, 5) is 16.2. The molecule has 0 amide bonds. The molecule has 0 spiro atoms. The topological polar surface area (TPSA) is 38.7 Å². The van der Waals surface area contributed by atoms with Crippen LogP contribution < -0.4 is 0 Å². The lowest BCUT2D eigenvalue weighted by molar-refractivity contribution is -0.129. The Balaban J connectivity index is 1.94. The van der Waals surface area contributed by atoms with Gasteiger partial charge in [-0.2, -0.15) is 0 Å². The zero-order valence-corrected chi connectivity index (χ0v) is 13.2. The van der Waals surface area contributed by atoms with Crippen molar-refractivity contribution in [1.29, 1.82) is 0 Å². The van der Waals surface area contributed by atoms with Crippen molar-refractivity contribution >= 4 is 41.1 Å². The molecule has 0 aromatic heterocycles. The van der Waals surface area contributed by atoms with Gasteiger partial charge in [0.15, 0.2) is 5.70 Å². The Morgan fingerprint density at radius 1 is 1.09 bits per heavy atom. The van der Waals surface area contributed by atoms with Crippen LogP contribution in [0.2, 0.25) is 10.0 Å². The Kier molecular flexibility index (Phi) is 4.01. The van der Waals surface area contributed by atoms with Crippen LogP contribution in [0.4, 0.5) is 0 Å². The monoisotopic (exact) mass is 331 g/mol. The molecule has 1 aliphatic heterocycles. The second-order valence-corrected chi connectivity index (χ2v) is 5.70. The Morgan fingerprint density at radius 2 is 1.82 bits per heavy atom. The van der Waals surface area contributed by atoms with Gasteiger partial charge in [-0.1, -0.05) is 41.4 Å². The van der Waals surface area contributed by atoms with Gasteiger partial charge in [-0.15, -0.1) is 0 Å². The lowest BCUT2D eigenvalue weighted by atomic mass is 10.1. The van der Waals surface area contributed by atoms with E-state index in [9.17, 15) is 4.79 Å². The van der Waals surface area contributed by atoms with Crippen molar-refractivity contribution in [3.8, 4) is 0 Å². The van der Waals surface area contributed by atoms with Crippen LogP contribution in [0.3, 0.4) is 0 Å². The predicted molar refractivity (Wildman–Crippen MR) is 88.2 cm³/mol. The third-order valence-electron chi connectivity index (χ3n) is 3.21. The van der Waals surface area contributed by atoms with Gasteiger partial charge >= 0.3 is 5.97 Å². The highest BCUT2D eigenvalue weighted by atomic mass is 35.5. The van der Waals surface area contributed by atoms with Crippen LogP contribution in [0.15, 0.2) is 53.2 Å². The fourth-order valence-electron chi connectivity index (χ4n) is 1.98. The highest BCUT2D eigenvalue weighted by Crippen LogP contribution is 2.23. The van der Waals surface area contributed by atoms with Crippen LogP contribution in [-0.2, 0) is 9.53 Å². The first kappa shape index (κ1) is 14.8. The molecule has 0 aliphatic carbocycles. The Morgan fingerprint density at radius 3 is 2.50 bits per heavy atom. The van der Waals surface area contributed by atoms with Gasteiger partial charge in [0.1, 0.15) is 0 Å². The summed E-state index contributed by atoms with van der Waals surface area (Å²) in [6.45, 7) is 1.90. The number of aryl methyl sites for hydroxylation is 1. The number of hydrogen-bond donors (Lipinski definition) is 0. The molecule has 3 rings (SSSR count). The fourth-order valence-corrected chi connectivity index (χ4v) is 2.28. The van der Waals surface area contributed by atoms with E-state index in [-0.39, 0.29) is 11.6 Å². The Bertz CT molecular complexity index is 808. The first-order chi connectivity index (χ1) is 10.5. The van der Waals surface area contributed by atoms with Crippen LogP contribution in [0.1, 0.15) is 16.7 Å². The molecule has 0 N–H and O–H groups in total. The van der Waals surface area contributed by atoms with Gasteiger partial charge in [0.05, 0.1) is 0 Å². The minimum absolute atomic E-state index is 0.244. The average molecular weight is 332 g/mol. The molecular weight excluding hydrogens is 321 g/mol. The normalized spacial score (nSPS) is 15.9. The lowest BCUT2D eigenvalue weighted by Crippen LogP contribution is -2.05. The number of ether oxygens (including phenoxy) is 1. The van der Waals surface area contributed by atoms with Crippen molar-refractivity contribution in [2.45, 2.75) is 6.92 Å². The molecule has 2 aromatic carbocycles. The summed E-state index contributed by atoms with van der Waals surface area (Å²) in [7, 11) is 0. The number of halogens is 2. The predicted octanol–water partition coefficient (Wildman–Crippen LogP) is 4.65. The van der Waals surface area contributed by atoms with Crippen molar-refractivity contribution in [2.75, 3.05) is 0 Å². The summed E-state index contributed by atoms with van der Waals surface area (Å²) in [5.41, 5.74) is 2.69. The van der Waals surface area contributed by atoms with E-state index in [2.05, 4.69) is 4.99 Å². The fraction of sp³-hybridized carbons (Fsp3) is 0.0588. The number of rotatable bonds is 2. The van der Waals surface area contributed by atoms with Crippen molar-refractivity contribution in [3.05, 3.63) is 74.9 Å². The zero-order valence-electron chi connectivity index (χ0n) is 11.6. The maximum Gasteiger partial charge on any atom is 0.363 e. The quantitative estimate of drug-likeness (QED) is 0.593. The van der Waals surface area contributed by atoms with Crippen molar-refractivity contribution < 1.29 is 9.53 Å². The van der Waals surface area contributed by atoms with Crippen molar-refractivity contribution in [1.82, 2.24) is 0 Å². The lowest BCUT2D eigenvalue weighted by Gasteiger charge is -2.02. The molecule has 2 aromatic rings. The van der Waals surface area contributed by atoms with Crippen LogP contribution in [0.25, 0.3) is 6.08 Å². The SMILES string of the molecule is Cc1ccc(C2=N/C(=C\c3ccc(Cl)cc3)C(=O)O2)cc1Cl. The summed E-state index contributed by atoms with van der Waals surface area (Å²) in [5, 5.41) is 1.24. The van der Waals surface area contributed by atoms with E-state index in [0.717, 1.165) is 11.1 Å². The third-order valence-corrected chi connectivity index (χ3v) is 3.87. The summed E-state index contributed by atoms with van der Waals surface area (Å²) < 4.78 is 5.21. The summed E-state index contributed by atoms with van der Waals surface area (Å²) in [6.07, 6.45) is 1.65. The zero-order chi connectivity index (χ0) is 15.7. The van der Waals surface area contributed by atoms with E-state index < -0.39 is 5.97 Å². The van der Waals surface area contributed by atoms with Gasteiger partial charge in [0, 0.05) is 15.6 Å². The molecular formula is C17H11Cl2NO2. The summed E-state index contributed by atoms with van der Waals surface area (Å²) in [5.74, 6) is -0.228. The van der Waals surface area contributed by atoms with Crippen molar-refractivity contribution in [2.24, 2.45) is 4.99 Å². The first-order valence-electron chi connectivity index (χ1n) is 6.57. The van der Waals surface area contributed by atoms with E-state index in [1.165, 1.54) is 0 Å². The van der Waals surface area contributed by atoms with Crippen LogP contribution in [0.5, 0.6) is 0 Å². The second-order valence-electron chi connectivity index (χ2n) is 4.85. The second kappa shape index (κ2) is 5.95. The van der Waals surface area contributed by atoms with E-state index >= 15 is 0 Å². The molecule has 0 unspecified atom stereocenters. The molecule has 1 aliphatic rings.